The van der Waals surface area contributed by atoms with Gasteiger partial charge in [-0.2, -0.15) is 0 Å². The van der Waals surface area contributed by atoms with Crippen molar-refractivity contribution in [1.29, 1.82) is 0 Å². The number of nitrogens with one attached hydrogen (secondary N) is 1. The van der Waals surface area contributed by atoms with Crippen molar-refractivity contribution in [2.75, 3.05) is 51.7 Å². The zero-order valence-corrected chi connectivity index (χ0v) is 22.5. The summed E-state index contributed by atoms with van der Waals surface area (Å²) in [5.41, 5.74) is 2.67. The number of unbranched alkanes of at least 4 members (excludes halogenated alkanes) is 5. The minimum Gasteiger partial charge on any atom is -0.410 e. The number of hydrogen-bond donors (Lipinski definition) is 1. The van der Waals surface area contributed by atoms with Crippen LogP contribution in [-0.2, 0) is 10.2 Å². The van der Waals surface area contributed by atoms with Crippen molar-refractivity contribution in [3.63, 3.8) is 0 Å². The number of carbonyl (C=O) groups excluding carboxylic acids is 1. The number of amides is 1. The monoisotopic (exact) mass is 486 g/mol. The average Bonchev–Trinajstić information content (AvgIpc) is 3.22. The summed E-state index contributed by atoms with van der Waals surface area (Å²) in [6, 6.07) is 6.11. The van der Waals surface area contributed by atoms with Crippen LogP contribution >= 0.6 is 0 Å². The molecule has 4 rings (SSSR count). The van der Waals surface area contributed by atoms with E-state index in [1.54, 1.807) is 0 Å². The molecule has 3 heterocycles. The van der Waals surface area contributed by atoms with E-state index in [1.165, 1.54) is 43.5 Å². The Morgan fingerprint density at radius 2 is 1.77 bits per heavy atom. The first-order chi connectivity index (χ1) is 16.8. The van der Waals surface area contributed by atoms with Crippen LogP contribution in [0, 0.1) is 0 Å². The second-order valence-corrected chi connectivity index (χ2v) is 11.3. The number of likely N-dealkylation sites (tertiary alicyclic amines) is 1. The molecule has 35 heavy (non-hydrogen) atoms. The molecule has 0 saturated carbocycles. The predicted octanol–water partition coefficient (Wildman–Crippen LogP) is 4.59. The van der Waals surface area contributed by atoms with Gasteiger partial charge in [-0.1, -0.05) is 38.7 Å². The van der Waals surface area contributed by atoms with Gasteiger partial charge in [0, 0.05) is 50.4 Å². The highest BCUT2D eigenvalue weighted by Gasteiger charge is 2.52. The standard InChI is InChI=1S/C28H46N4O3/c1-21-19-32(20-22(2)34-21)16-11-9-7-6-8-10-15-29-27(33)35-23-12-13-24-25(18-23)31(5)26-28(24,3)14-17-30(26)4/h12-13,18,21-22,26H,6-11,14-17,19-20H2,1-5H3,(H,29,33)/t21-,22+,26-,28+/m1/s1. The molecule has 0 radical (unpaired) electrons. The molecule has 0 aliphatic carbocycles. The number of carbonyl (C=O) groups is 1. The van der Waals surface area contributed by atoms with Crippen LogP contribution in [0.1, 0.15) is 71.3 Å². The third-order valence-electron chi connectivity index (χ3n) is 8.18. The molecule has 2 saturated heterocycles. The van der Waals surface area contributed by atoms with E-state index in [0.29, 0.717) is 30.7 Å². The van der Waals surface area contributed by atoms with Gasteiger partial charge in [0.2, 0.25) is 0 Å². The molecule has 0 unspecified atom stereocenters. The summed E-state index contributed by atoms with van der Waals surface area (Å²) in [6.45, 7) is 11.8. The molecule has 7 heteroatoms. The van der Waals surface area contributed by atoms with Crippen LogP contribution < -0.4 is 15.0 Å². The molecule has 2 fully saturated rings. The number of hydrogen-bond acceptors (Lipinski definition) is 6. The number of morpholine rings is 1. The molecule has 0 spiro atoms. The van der Waals surface area contributed by atoms with Crippen LogP contribution in [0.25, 0.3) is 0 Å². The highest BCUT2D eigenvalue weighted by Crippen LogP contribution is 2.51. The van der Waals surface area contributed by atoms with Crippen molar-refractivity contribution >= 4 is 11.8 Å². The Kier molecular flexibility index (Phi) is 8.61. The fraction of sp³-hybridized carbons (Fsp3) is 0.750. The zero-order chi connectivity index (χ0) is 25.0. The minimum atomic E-state index is -0.358. The van der Waals surface area contributed by atoms with E-state index in [2.05, 4.69) is 60.9 Å². The van der Waals surface area contributed by atoms with Gasteiger partial charge in [0.15, 0.2) is 0 Å². The molecule has 0 bridgehead atoms. The first kappa shape index (κ1) is 26.2. The normalized spacial score (nSPS) is 28.7. The number of fused-ring (bicyclic) bond motifs is 3. The molecular formula is C28H46N4O3. The van der Waals surface area contributed by atoms with Gasteiger partial charge in [0.05, 0.1) is 18.4 Å². The van der Waals surface area contributed by atoms with Gasteiger partial charge in [0.25, 0.3) is 0 Å². The van der Waals surface area contributed by atoms with Gasteiger partial charge in [-0.25, -0.2) is 4.79 Å². The van der Waals surface area contributed by atoms with Crippen LogP contribution in [0.15, 0.2) is 18.2 Å². The molecule has 1 aromatic rings. The van der Waals surface area contributed by atoms with Crippen molar-refractivity contribution < 1.29 is 14.3 Å². The van der Waals surface area contributed by atoms with Crippen LogP contribution in [0.5, 0.6) is 5.75 Å². The van der Waals surface area contributed by atoms with Crippen LogP contribution in [0.2, 0.25) is 0 Å². The number of rotatable bonds is 10. The Morgan fingerprint density at radius 1 is 1.09 bits per heavy atom. The first-order valence-electron chi connectivity index (χ1n) is 13.7. The van der Waals surface area contributed by atoms with Crippen LogP contribution in [-0.4, -0.2) is 81.1 Å². The van der Waals surface area contributed by atoms with E-state index in [0.717, 1.165) is 38.9 Å². The van der Waals surface area contributed by atoms with Gasteiger partial charge < -0.3 is 19.7 Å². The second-order valence-electron chi connectivity index (χ2n) is 11.3. The molecule has 7 nitrogen and oxygen atoms in total. The van der Waals surface area contributed by atoms with Crippen LogP contribution in [0.3, 0.4) is 0 Å². The Bertz CT molecular complexity index is 855. The van der Waals surface area contributed by atoms with Crippen molar-refractivity contribution in [3.8, 4) is 5.75 Å². The van der Waals surface area contributed by atoms with Gasteiger partial charge >= 0.3 is 6.09 Å². The average molecular weight is 487 g/mol. The molecule has 4 atom stereocenters. The topological polar surface area (TPSA) is 57.3 Å². The SMILES string of the molecule is C[C@@H]1CN(CCCCCCCCNC(=O)Oc2ccc3c(c2)N(C)[C@H]2N(C)CC[C@@]32C)C[C@H](C)O1. The summed E-state index contributed by atoms with van der Waals surface area (Å²) in [5, 5.41) is 2.92. The number of ether oxygens (including phenoxy) is 2. The molecule has 1 N–H and O–H groups in total. The summed E-state index contributed by atoms with van der Waals surface area (Å²) < 4.78 is 11.4. The maximum absolute atomic E-state index is 12.3. The van der Waals surface area contributed by atoms with Crippen molar-refractivity contribution in [2.45, 2.75) is 89.5 Å². The van der Waals surface area contributed by atoms with Gasteiger partial charge in [-0.3, -0.25) is 9.80 Å². The fourth-order valence-corrected chi connectivity index (χ4v) is 6.59. The summed E-state index contributed by atoms with van der Waals surface area (Å²) in [7, 11) is 4.33. The van der Waals surface area contributed by atoms with E-state index in [1.807, 2.05) is 12.1 Å². The molecule has 0 aromatic heterocycles. The lowest BCUT2D eigenvalue weighted by Gasteiger charge is -2.35. The highest BCUT2D eigenvalue weighted by molar-refractivity contribution is 5.72. The summed E-state index contributed by atoms with van der Waals surface area (Å²) >= 11 is 0. The molecule has 1 aromatic carbocycles. The van der Waals surface area contributed by atoms with E-state index >= 15 is 0 Å². The molecule has 196 valence electrons. The Balaban J connectivity index is 1.08. The van der Waals surface area contributed by atoms with E-state index in [4.69, 9.17) is 9.47 Å². The lowest BCUT2D eigenvalue weighted by molar-refractivity contribution is -0.0681. The van der Waals surface area contributed by atoms with Crippen LogP contribution in [0.4, 0.5) is 10.5 Å². The quantitative estimate of drug-likeness (QED) is 0.488. The summed E-state index contributed by atoms with van der Waals surface area (Å²) in [4.78, 5) is 19.6. The Hall–Kier alpha value is -1.83. The number of likely N-dealkylation sites (N-methyl/N-ethyl adjacent to an activating group) is 2. The number of anilines is 1. The second kappa shape index (κ2) is 11.5. The molecule has 3 aliphatic heterocycles. The molecule has 1 amide bonds. The minimum absolute atomic E-state index is 0.138. The smallest absolute Gasteiger partial charge is 0.410 e. The zero-order valence-electron chi connectivity index (χ0n) is 22.5. The van der Waals surface area contributed by atoms with E-state index in [9.17, 15) is 4.79 Å². The van der Waals surface area contributed by atoms with Gasteiger partial charge in [-0.05, 0) is 58.3 Å². The highest BCUT2D eigenvalue weighted by atomic mass is 16.6. The van der Waals surface area contributed by atoms with E-state index < -0.39 is 0 Å². The van der Waals surface area contributed by atoms with Gasteiger partial charge in [0.1, 0.15) is 5.75 Å². The Labute approximate surface area is 212 Å². The van der Waals surface area contributed by atoms with Crippen molar-refractivity contribution in [1.82, 2.24) is 15.1 Å². The van der Waals surface area contributed by atoms with E-state index in [-0.39, 0.29) is 11.5 Å². The van der Waals surface area contributed by atoms with Crippen molar-refractivity contribution in [2.24, 2.45) is 0 Å². The largest absolute Gasteiger partial charge is 0.412 e. The third kappa shape index (κ3) is 6.12. The lowest BCUT2D eigenvalue weighted by atomic mass is 9.81. The Morgan fingerprint density at radius 3 is 2.51 bits per heavy atom. The number of nitrogens with zero attached hydrogens (tertiary/aromatic N) is 3. The summed E-state index contributed by atoms with van der Waals surface area (Å²) in [6.07, 6.45) is 9.02. The number of benzene rings is 1. The predicted molar refractivity (Wildman–Crippen MR) is 141 cm³/mol. The fourth-order valence-electron chi connectivity index (χ4n) is 6.59. The first-order valence-corrected chi connectivity index (χ1v) is 13.7. The third-order valence-corrected chi connectivity index (χ3v) is 8.18. The maximum atomic E-state index is 12.3. The van der Waals surface area contributed by atoms with Gasteiger partial charge in [-0.15, -0.1) is 0 Å². The molecular weight excluding hydrogens is 440 g/mol. The molecule has 3 aliphatic rings. The lowest BCUT2D eigenvalue weighted by Crippen LogP contribution is -2.45. The maximum Gasteiger partial charge on any atom is 0.412 e. The summed E-state index contributed by atoms with van der Waals surface area (Å²) in [5.74, 6) is 0.614. The van der Waals surface area contributed by atoms with Crippen molar-refractivity contribution in [3.05, 3.63) is 23.8 Å².